The van der Waals surface area contributed by atoms with Crippen LogP contribution in [0.1, 0.15) is 12.5 Å². The number of aryl methyl sites for hydroxylation is 1. The van der Waals surface area contributed by atoms with Crippen LogP contribution in [0, 0.1) is 0 Å². The van der Waals surface area contributed by atoms with Crippen LogP contribution in [0.2, 0.25) is 0 Å². The highest BCUT2D eigenvalue weighted by atomic mass is 16.5. The number of hydrogen-bond acceptors (Lipinski definition) is 5. The highest BCUT2D eigenvalue weighted by molar-refractivity contribution is 5.75. The molecular weight excluding hydrogens is 306 g/mol. The van der Waals surface area contributed by atoms with Gasteiger partial charge in [-0.25, -0.2) is 4.98 Å². The van der Waals surface area contributed by atoms with Gasteiger partial charge in [0, 0.05) is 6.20 Å². The van der Waals surface area contributed by atoms with Crippen LogP contribution in [0.25, 0.3) is 10.9 Å². The number of hydrogen-bond donors (Lipinski definition) is 1. The van der Waals surface area contributed by atoms with Gasteiger partial charge in [-0.05, 0) is 30.2 Å². The largest absolute Gasteiger partial charge is 0.491 e. The van der Waals surface area contributed by atoms with Crippen molar-refractivity contribution in [1.29, 1.82) is 0 Å². The van der Waals surface area contributed by atoms with Gasteiger partial charge in [0.25, 0.3) is 5.56 Å². The molecule has 24 heavy (non-hydrogen) atoms. The van der Waals surface area contributed by atoms with E-state index in [0.29, 0.717) is 16.7 Å². The lowest BCUT2D eigenvalue weighted by Gasteiger charge is -2.14. The van der Waals surface area contributed by atoms with Crippen LogP contribution in [-0.2, 0) is 13.0 Å². The minimum atomic E-state index is -0.811. The van der Waals surface area contributed by atoms with Gasteiger partial charge in [-0.3, -0.25) is 14.3 Å². The zero-order chi connectivity index (χ0) is 16.9. The summed E-state index contributed by atoms with van der Waals surface area (Å²) < 4.78 is 6.96. The summed E-state index contributed by atoms with van der Waals surface area (Å²) in [6.07, 6.45) is 4.67. The molecular formula is C18H19N3O3. The van der Waals surface area contributed by atoms with E-state index in [9.17, 15) is 9.90 Å². The summed E-state index contributed by atoms with van der Waals surface area (Å²) in [5, 5.41) is 10.6. The lowest BCUT2D eigenvalue weighted by molar-refractivity contribution is 0.0915. The number of aliphatic hydroxyl groups is 1. The van der Waals surface area contributed by atoms with Gasteiger partial charge in [-0.1, -0.05) is 19.1 Å². The quantitative estimate of drug-likeness (QED) is 0.748. The topological polar surface area (TPSA) is 77.2 Å². The Kier molecular flexibility index (Phi) is 4.86. The molecule has 0 aliphatic heterocycles. The smallest absolute Gasteiger partial charge is 0.261 e. The fourth-order valence-electron chi connectivity index (χ4n) is 2.43. The van der Waals surface area contributed by atoms with Gasteiger partial charge < -0.3 is 9.84 Å². The molecule has 3 aromatic rings. The molecule has 0 amide bonds. The molecule has 2 aromatic heterocycles. The van der Waals surface area contributed by atoms with Crippen LogP contribution in [-0.4, -0.2) is 32.4 Å². The molecule has 2 heterocycles. The standard InChI is InChI=1S/C18H19N3O3/c1-2-13-3-5-15(6-4-13)24-11-14(22)10-21-12-20-17-9-19-8-7-16(17)18(21)23/h3-9,12,14,22H,2,10-11H2,1H3. The van der Waals surface area contributed by atoms with E-state index in [4.69, 9.17) is 4.74 Å². The van der Waals surface area contributed by atoms with Gasteiger partial charge in [0.1, 0.15) is 18.5 Å². The molecule has 0 radical (unpaired) electrons. The average Bonchev–Trinajstić information content (AvgIpc) is 2.63. The highest BCUT2D eigenvalue weighted by Gasteiger charge is 2.10. The number of ether oxygens (including phenoxy) is 1. The van der Waals surface area contributed by atoms with Crippen molar-refractivity contribution < 1.29 is 9.84 Å². The number of benzene rings is 1. The molecule has 0 bridgehead atoms. The Bertz CT molecular complexity index is 875. The minimum absolute atomic E-state index is 0.103. The number of rotatable bonds is 6. The van der Waals surface area contributed by atoms with Crippen molar-refractivity contribution >= 4 is 10.9 Å². The number of fused-ring (bicyclic) bond motifs is 1. The van der Waals surface area contributed by atoms with Crippen molar-refractivity contribution in [2.24, 2.45) is 0 Å². The van der Waals surface area contributed by atoms with Crippen molar-refractivity contribution in [3.8, 4) is 5.75 Å². The molecule has 3 rings (SSSR count). The van der Waals surface area contributed by atoms with Crippen LogP contribution in [0.5, 0.6) is 5.75 Å². The van der Waals surface area contributed by atoms with Crippen LogP contribution in [0.3, 0.4) is 0 Å². The normalized spacial score (nSPS) is 12.2. The lowest BCUT2D eigenvalue weighted by Crippen LogP contribution is -2.30. The second-order valence-corrected chi connectivity index (χ2v) is 5.56. The molecule has 1 unspecified atom stereocenters. The van der Waals surface area contributed by atoms with Gasteiger partial charge >= 0.3 is 0 Å². The summed E-state index contributed by atoms with van der Waals surface area (Å²) in [5.41, 5.74) is 1.57. The fraction of sp³-hybridized carbons (Fsp3) is 0.278. The second kappa shape index (κ2) is 7.23. The third-order valence-corrected chi connectivity index (χ3v) is 3.81. The van der Waals surface area contributed by atoms with E-state index in [0.717, 1.165) is 6.42 Å². The number of pyridine rings is 1. The zero-order valence-corrected chi connectivity index (χ0v) is 13.4. The molecule has 0 saturated carbocycles. The van der Waals surface area contributed by atoms with Crippen molar-refractivity contribution in [3.05, 3.63) is 65.0 Å². The Morgan fingerprint density at radius 3 is 2.79 bits per heavy atom. The Balaban J connectivity index is 1.65. The van der Waals surface area contributed by atoms with E-state index in [1.807, 2.05) is 24.3 Å². The Labute approximate surface area is 139 Å². The molecule has 6 nitrogen and oxygen atoms in total. The molecule has 0 saturated heterocycles. The highest BCUT2D eigenvalue weighted by Crippen LogP contribution is 2.13. The van der Waals surface area contributed by atoms with Crippen LogP contribution < -0.4 is 10.3 Å². The third kappa shape index (κ3) is 3.60. The Morgan fingerprint density at radius 1 is 1.25 bits per heavy atom. The average molecular weight is 325 g/mol. The number of aliphatic hydroxyl groups excluding tert-OH is 1. The summed E-state index contributed by atoms with van der Waals surface area (Å²) in [5.74, 6) is 0.696. The van der Waals surface area contributed by atoms with Crippen molar-refractivity contribution in [1.82, 2.24) is 14.5 Å². The SMILES string of the molecule is CCc1ccc(OCC(O)Cn2cnc3cnccc3c2=O)cc1. The van der Waals surface area contributed by atoms with Gasteiger partial charge in [0.2, 0.25) is 0 Å². The van der Waals surface area contributed by atoms with Gasteiger partial charge in [0.15, 0.2) is 0 Å². The van der Waals surface area contributed by atoms with E-state index in [1.165, 1.54) is 16.5 Å². The molecule has 6 heteroatoms. The Hall–Kier alpha value is -2.73. The molecule has 0 aliphatic carbocycles. The van der Waals surface area contributed by atoms with Crippen LogP contribution >= 0.6 is 0 Å². The summed E-state index contributed by atoms with van der Waals surface area (Å²) in [7, 11) is 0. The second-order valence-electron chi connectivity index (χ2n) is 5.56. The van der Waals surface area contributed by atoms with Gasteiger partial charge in [-0.15, -0.1) is 0 Å². The summed E-state index contributed by atoms with van der Waals surface area (Å²) >= 11 is 0. The van der Waals surface area contributed by atoms with E-state index in [2.05, 4.69) is 16.9 Å². The van der Waals surface area contributed by atoms with E-state index >= 15 is 0 Å². The van der Waals surface area contributed by atoms with Crippen LogP contribution in [0.15, 0.2) is 53.8 Å². The molecule has 1 atom stereocenters. The number of nitrogens with zero attached hydrogens (tertiary/aromatic N) is 3. The molecule has 1 aromatic carbocycles. The zero-order valence-electron chi connectivity index (χ0n) is 13.4. The maximum absolute atomic E-state index is 12.4. The van der Waals surface area contributed by atoms with Crippen LogP contribution in [0.4, 0.5) is 0 Å². The maximum atomic E-state index is 12.4. The van der Waals surface area contributed by atoms with Gasteiger partial charge in [0.05, 0.1) is 30.0 Å². The van der Waals surface area contributed by atoms with Crippen molar-refractivity contribution in [2.45, 2.75) is 26.0 Å². The fourth-order valence-corrected chi connectivity index (χ4v) is 2.43. The first kappa shape index (κ1) is 16.1. The molecule has 0 fully saturated rings. The summed E-state index contributed by atoms with van der Waals surface area (Å²) in [4.78, 5) is 20.5. The first-order chi connectivity index (χ1) is 11.7. The monoisotopic (exact) mass is 325 g/mol. The lowest BCUT2D eigenvalue weighted by atomic mass is 10.2. The van der Waals surface area contributed by atoms with Crippen molar-refractivity contribution in [3.63, 3.8) is 0 Å². The van der Waals surface area contributed by atoms with E-state index < -0.39 is 6.10 Å². The minimum Gasteiger partial charge on any atom is -0.491 e. The molecule has 0 aliphatic rings. The van der Waals surface area contributed by atoms with E-state index in [1.54, 1.807) is 18.5 Å². The Morgan fingerprint density at radius 2 is 2.04 bits per heavy atom. The third-order valence-electron chi connectivity index (χ3n) is 3.81. The molecule has 0 spiro atoms. The first-order valence-electron chi connectivity index (χ1n) is 7.86. The molecule has 124 valence electrons. The molecule has 1 N–H and O–H groups in total. The predicted molar refractivity (Wildman–Crippen MR) is 91.1 cm³/mol. The van der Waals surface area contributed by atoms with Crippen molar-refractivity contribution in [2.75, 3.05) is 6.61 Å². The predicted octanol–water partition coefficient (Wildman–Crippen LogP) is 1.79. The number of aromatic nitrogens is 3. The van der Waals surface area contributed by atoms with Gasteiger partial charge in [-0.2, -0.15) is 0 Å². The summed E-state index contributed by atoms with van der Waals surface area (Å²) in [6.45, 7) is 2.31. The maximum Gasteiger partial charge on any atom is 0.261 e. The van der Waals surface area contributed by atoms with E-state index in [-0.39, 0.29) is 18.7 Å². The first-order valence-corrected chi connectivity index (χ1v) is 7.86. The summed E-state index contributed by atoms with van der Waals surface area (Å²) in [6, 6.07) is 9.37.